The number of aromatic nitrogens is 3. The Labute approximate surface area is 205 Å². The van der Waals surface area contributed by atoms with Crippen molar-refractivity contribution >= 4 is 46.6 Å². The molecule has 0 saturated carbocycles. The van der Waals surface area contributed by atoms with Gasteiger partial charge in [0.25, 0.3) is 0 Å². The first-order valence-corrected chi connectivity index (χ1v) is 11.4. The van der Waals surface area contributed by atoms with E-state index in [9.17, 15) is 4.79 Å². The Morgan fingerprint density at radius 2 is 1.88 bits per heavy atom. The maximum absolute atomic E-state index is 12.6. The SMILES string of the molecule is C=CCn1c(COc2ccc(Cl)cc2)nnc1SCC(=O)Nc1cc(OC)c(Cl)cc1OC. The van der Waals surface area contributed by atoms with E-state index >= 15 is 0 Å². The lowest BCUT2D eigenvalue weighted by molar-refractivity contribution is -0.113. The molecule has 0 aliphatic carbocycles. The Bertz CT molecular complexity index is 1120. The molecule has 33 heavy (non-hydrogen) atoms. The third-order valence-electron chi connectivity index (χ3n) is 4.37. The van der Waals surface area contributed by atoms with Gasteiger partial charge in [-0.05, 0) is 24.3 Å². The minimum atomic E-state index is -0.255. The van der Waals surface area contributed by atoms with Crippen LogP contribution in [0.25, 0.3) is 0 Å². The number of hydrogen-bond donors (Lipinski definition) is 1. The van der Waals surface area contributed by atoms with Crippen molar-refractivity contribution in [1.82, 2.24) is 14.8 Å². The quantitative estimate of drug-likeness (QED) is 0.284. The Kier molecular flexibility index (Phi) is 8.87. The number of carbonyl (C=O) groups is 1. The fourth-order valence-corrected chi connectivity index (χ4v) is 3.92. The van der Waals surface area contributed by atoms with Gasteiger partial charge < -0.3 is 19.5 Å². The van der Waals surface area contributed by atoms with Gasteiger partial charge >= 0.3 is 0 Å². The van der Waals surface area contributed by atoms with E-state index in [1.54, 1.807) is 42.5 Å². The summed E-state index contributed by atoms with van der Waals surface area (Å²) in [6, 6.07) is 10.2. The van der Waals surface area contributed by atoms with Gasteiger partial charge in [0.2, 0.25) is 5.91 Å². The molecule has 0 unspecified atom stereocenters. The predicted octanol–water partition coefficient (Wildman–Crippen LogP) is 5.10. The smallest absolute Gasteiger partial charge is 0.234 e. The third kappa shape index (κ3) is 6.56. The summed E-state index contributed by atoms with van der Waals surface area (Å²) < 4.78 is 18.1. The molecule has 0 radical (unpaired) electrons. The minimum absolute atomic E-state index is 0.0986. The van der Waals surface area contributed by atoms with E-state index in [-0.39, 0.29) is 18.3 Å². The van der Waals surface area contributed by atoms with Crippen LogP contribution >= 0.6 is 35.0 Å². The van der Waals surface area contributed by atoms with Gasteiger partial charge in [-0.15, -0.1) is 16.8 Å². The Morgan fingerprint density at radius 1 is 1.15 bits per heavy atom. The molecule has 1 amide bonds. The van der Waals surface area contributed by atoms with E-state index in [1.165, 1.54) is 26.0 Å². The van der Waals surface area contributed by atoms with Gasteiger partial charge in [-0.1, -0.05) is 41.0 Å². The van der Waals surface area contributed by atoms with Crippen LogP contribution < -0.4 is 19.5 Å². The van der Waals surface area contributed by atoms with Crippen LogP contribution in [0.1, 0.15) is 5.82 Å². The number of rotatable bonds is 11. The molecule has 0 atom stereocenters. The van der Waals surface area contributed by atoms with Crippen LogP contribution in [0.5, 0.6) is 17.2 Å². The van der Waals surface area contributed by atoms with Gasteiger partial charge in [-0.2, -0.15) is 0 Å². The number of nitrogens with one attached hydrogen (secondary N) is 1. The molecule has 1 N–H and O–H groups in total. The summed E-state index contributed by atoms with van der Waals surface area (Å²) in [4.78, 5) is 12.6. The molecule has 174 valence electrons. The average Bonchev–Trinajstić information content (AvgIpc) is 3.19. The topological polar surface area (TPSA) is 87.5 Å². The summed E-state index contributed by atoms with van der Waals surface area (Å²) in [5, 5.41) is 12.8. The standard InChI is InChI=1S/C22H22Cl2N4O4S/c1-4-9-28-20(12-32-15-7-5-14(23)6-8-15)26-27-22(28)33-13-21(29)25-17-11-18(30-2)16(24)10-19(17)31-3/h4-8,10-11H,1,9,12-13H2,2-3H3,(H,25,29). The van der Waals surface area contributed by atoms with Crippen molar-refractivity contribution in [3.63, 3.8) is 0 Å². The summed E-state index contributed by atoms with van der Waals surface area (Å²) in [5.41, 5.74) is 0.453. The number of thioether (sulfide) groups is 1. The number of halogens is 2. The second kappa shape index (κ2) is 11.8. The summed E-state index contributed by atoms with van der Waals surface area (Å²) in [6.45, 7) is 4.46. The molecule has 1 heterocycles. The molecule has 3 rings (SSSR count). The number of methoxy groups -OCH3 is 2. The number of benzene rings is 2. The van der Waals surface area contributed by atoms with Crippen molar-refractivity contribution in [2.45, 2.75) is 18.3 Å². The van der Waals surface area contributed by atoms with Crippen LogP contribution in [0, 0.1) is 0 Å². The van der Waals surface area contributed by atoms with E-state index in [0.29, 0.717) is 50.5 Å². The number of anilines is 1. The van der Waals surface area contributed by atoms with Crippen molar-refractivity contribution in [3.8, 4) is 17.2 Å². The molecule has 2 aromatic carbocycles. The molecular formula is C22H22Cl2N4O4S. The number of hydrogen-bond acceptors (Lipinski definition) is 7. The molecule has 11 heteroatoms. The van der Waals surface area contributed by atoms with Gasteiger partial charge in [0.05, 0.1) is 30.7 Å². The predicted molar refractivity (Wildman–Crippen MR) is 130 cm³/mol. The molecule has 0 aliphatic heterocycles. The Hall–Kier alpha value is -2.88. The third-order valence-corrected chi connectivity index (χ3v) is 5.88. The summed E-state index contributed by atoms with van der Waals surface area (Å²) >= 11 is 13.3. The number of allylic oxidation sites excluding steroid dienone is 1. The fraction of sp³-hybridized carbons (Fsp3) is 0.227. The van der Waals surface area contributed by atoms with Gasteiger partial charge in [-0.25, -0.2) is 0 Å². The highest BCUT2D eigenvalue weighted by atomic mass is 35.5. The first-order chi connectivity index (χ1) is 15.9. The average molecular weight is 509 g/mol. The summed E-state index contributed by atoms with van der Waals surface area (Å²) in [7, 11) is 2.99. The van der Waals surface area contributed by atoms with Crippen LogP contribution in [-0.2, 0) is 17.9 Å². The number of carbonyl (C=O) groups excluding carboxylic acids is 1. The van der Waals surface area contributed by atoms with Gasteiger partial charge in [0, 0.05) is 23.7 Å². The number of amides is 1. The summed E-state index contributed by atoms with van der Waals surface area (Å²) in [6.07, 6.45) is 1.73. The van der Waals surface area contributed by atoms with Gasteiger partial charge in [0.15, 0.2) is 11.0 Å². The second-order valence-corrected chi connectivity index (χ2v) is 8.35. The van der Waals surface area contributed by atoms with E-state index in [4.69, 9.17) is 37.4 Å². The lowest BCUT2D eigenvalue weighted by Crippen LogP contribution is -2.15. The molecule has 8 nitrogen and oxygen atoms in total. The van der Waals surface area contributed by atoms with Crippen LogP contribution in [-0.4, -0.2) is 40.6 Å². The van der Waals surface area contributed by atoms with Gasteiger partial charge in [0.1, 0.15) is 23.9 Å². The van der Waals surface area contributed by atoms with Crippen molar-refractivity contribution in [2.24, 2.45) is 0 Å². The normalized spacial score (nSPS) is 10.5. The lowest BCUT2D eigenvalue weighted by atomic mass is 10.2. The number of nitrogens with zero attached hydrogens (tertiary/aromatic N) is 3. The highest BCUT2D eigenvalue weighted by molar-refractivity contribution is 7.99. The molecule has 0 aliphatic rings. The van der Waals surface area contributed by atoms with Crippen LogP contribution in [0.3, 0.4) is 0 Å². The van der Waals surface area contributed by atoms with E-state index < -0.39 is 0 Å². The maximum atomic E-state index is 12.6. The lowest BCUT2D eigenvalue weighted by Gasteiger charge is -2.13. The molecule has 0 saturated heterocycles. The first kappa shape index (κ1) is 24.8. The Morgan fingerprint density at radius 3 is 2.55 bits per heavy atom. The summed E-state index contributed by atoms with van der Waals surface area (Å²) in [5.74, 6) is 1.97. The highest BCUT2D eigenvalue weighted by Gasteiger charge is 2.16. The zero-order chi connectivity index (χ0) is 23.8. The zero-order valence-corrected chi connectivity index (χ0v) is 20.3. The molecular weight excluding hydrogens is 487 g/mol. The number of ether oxygens (including phenoxy) is 3. The molecule has 0 bridgehead atoms. The van der Waals surface area contributed by atoms with Crippen LogP contribution in [0.4, 0.5) is 5.69 Å². The van der Waals surface area contributed by atoms with Crippen LogP contribution in [0.15, 0.2) is 54.2 Å². The van der Waals surface area contributed by atoms with Gasteiger partial charge in [-0.3, -0.25) is 9.36 Å². The first-order valence-electron chi connectivity index (χ1n) is 9.70. The Balaban J connectivity index is 1.65. The molecule has 1 aromatic heterocycles. The highest BCUT2D eigenvalue weighted by Crippen LogP contribution is 2.36. The maximum Gasteiger partial charge on any atom is 0.234 e. The van der Waals surface area contributed by atoms with Crippen LogP contribution in [0.2, 0.25) is 10.0 Å². The molecule has 0 fully saturated rings. The van der Waals surface area contributed by atoms with E-state index in [1.807, 2.05) is 4.57 Å². The molecule has 3 aromatic rings. The monoisotopic (exact) mass is 508 g/mol. The van der Waals surface area contributed by atoms with Crippen molar-refractivity contribution < 1.29 is 19.0 Å². The fourth-order valence-electron chi connectivity index (χ4n) is 2.80. The van der Waals surface area contributed by atoms with Crippen molar-refractivity contribution in [3.05, 3.63) is 64.9 Å². The van der Waals surface area contributed by atoms with Crippen molar-refractivity contribution in [1.29, 1.82) is 0 Å². The molecule has 0 spiro atoms. The minimum Gasteiger partial charge on any atom is -0.495 e. The van der Waals surface area contributed by atoms with E-state index in [0.717, 1.165) is 0 Å². The zero-order valence-electron chi connectivity index (χ0n) is 18.0. The van der Waals surface area contributed by atoms with Crippen molar-refractivity contribution in [2.75, 3.05) is 25.3 Å². The van der Waals surface area contributed by atoms with E-state index in [2.05, 4.69) is 22.1 Å². The second-order valence-electron chi connectivity index (χ2n) is 6.56. The largest absolute Gasteiger partial charge is 0.495 e.